The molecule has 0 atom stereocenters. The topological polar surface area (TPSA) is 49.6 Å². The fourth-order valence-corrected chi connectivity index (χ4v) is 3.69. The molecule has 2 N–H and O–H groups in total. The molecule has 20 heavy (non-hydrogen) atoms. The Hall–Kier alpha value is -0.610. The quantitative estimate of drug-likeness (QED) is 0.810. The minimum Gasteiger partial charge on any atom is -0.338 e. The van der Waals surface area contributed by atoms with E-state index >= 15 is 0 Å². The zero-order valence-electron chi connectivity index (χ0n) is 13.2. The standard InChI is InChI=1S/C16H31N3O/c1-18(2)11-12-19(14-7-3-4-8-14)15(20)13-16(17)9-5-6-10-16/h14H,3-13,17H2,1-2H3. The van der Waals surface area contributed by atoms with Crippen molar-refractivity contribution in [1.29, 1.82) is 0 Å². The van der Waals surface area contributed by atoms with E-state index in [0.29, 0.717) is 18.4 Å². The molecule has 116 valence electrons. The summed E-state index contributed by atoms with van der Waals surface area (Å²) in [7, 11) is 4.14. The number of nitrogens with zero attached hydrogens (tertiary/aromatic N) is 2. The van der Waals surface area contributed by atoms with E-state index in [1.165, 1.54) is 38.5 Å². The highest BCUT2D eigenvalue weighted by Gasteiger charge is 2.35. The first kappa shape index (κ1) is 15.8. The summed E-state index contributed by atoms with van der Waals surface area (Å²) in [6.07, 6.45) is 9.85. The van der Waals surface area contributed by atoms with Gasteiger partial charge < -0.3 is 15.5 Å². The van der Waals surface area contributed by atoms with Gasteiger partial charge in [-0.2, -0.15) is 0 Å². The number of likely N-dealkylation sites (N-methyl/N-ethyl adjacent to an activating group) is 1. The van der Waals surface area contributed by atoms with Gasteiger partial charge in [0.2, 0.25) is 5.91 Å². The molecule has 0 unspecified atom stereocenters. The fraction of sp³-hybridized carbons (Fsp3) is 0.938. The van der Waals surface area contributed by atoms with E-state index in [0.717, 1.165) is 25.9 Å². The van der Waals surface area contributed by atoms with Crippen LogP contribution in [0.1, 0.15) is 57.8 Å². The molecule has 2 fully saturated rings. The van der Waals surface area contributed by atoms with Crippen LogP contribution in [0.15, 0.2) is 0 Å². The van der Waals surface area contributed by atoms with Crippen LogP contribution in [-0.4, -0.2) is 54.5 Å². The Kier molecular flexibility index (Phi) is 5.44. The SMILES string of the molecule is CN(C)CCN(C(=O)CC1(N)CCCC1)C1CCCC1. The summed E-state index contributed by atoms with van der Waals surface area (Å²) in [6, 6.07) is 0.465. The molecule has 2 aliphatic carbocycles. The normalized spacial score (nSPS) is 22.6. The van der Waals surface area contributed by atoms with Gasteiger partial charge in [0.1, 0.15) is 0 Å². The predicted octanol–water partition coefficient (Wildman–Crippen LogP) is 1.98. The summed E-state index contributed by atoms with van der Waals surface area (Å²) in [5, 5.41) is 0. The lowest BCUT2D eigenvalue weighted by Gasteiger charge is -2.33. The maximum atomic E-state index is 12.7. The number of rotatable bonds is 6. The minimum atomic E-state index is -0.216. The molecule has 2 rings (SSSR count). The van der Waals surface area contributed by atoms with Crippen LogP contribution in [0.4, 0.5) is 0 Å². The molecule has 0 radical (unpaired) electrons. The Morgan fingerprint density at radius 3 is 2.25 bits per heavy atom. The lowest BCUT2D eigenvalue weighted by molar-refractivity contribution is -0.134. The van der Waals surface area contributed by atoms with Gasteiger partial charge in [0.15, 0.2) is 0 Å². The monoisotopic (exact) mass is 281 g/mol. The highest BCUT2D eigenvalue weighted by molar-refractivity contribution is 5.78. The lowest BCUT2D eigenvalue weighted by atomic mass is 9.93. The average Bonchev–Trinajstić information content (AvgIpc) is 3.01. The van der Waals surface area contributed by atoms with Crippen molar-refractivity contribution in [2.45, 2.75) is 69.4 Å². The van der Waals surface area contributed by atoms with E-state index in [9.17, 15) is 4.79 Å². The Bertz CT molecular complexity index is 318. The summed E-state index contributed by atoms with van der Waals surface area (Å²) in [6.45, 7) is 1.80. The molecule has 0 spiro atoms. The molecule has 4 heteroatoms. The second-order valence-corrected chi connectivity index (χ2v) is 7.07. The summed E-state index contributed by atoms with van der Waals surface area (Å²) < 4.78 is 0. The molecule has 4 nitrogen and oxygen atoms in total. The van der Waals surface area contributed by atoms with Crippen LogP contribution < -0.4 is 5.73 Å². The van der Waals surface area contributed by atoms with Gasteiger partial charge in [0.25, 0.3) is 0 Å². The summed E-state index contributed by atoms with van der Waals surface area (Å²) >= 11 is 0. The third kappa shape index (κ3) is 4.19. The molecule has 0 aliphatic heterocycles. The van der Waals surface area contributed by atoms with Crippen LogP contribution in [0.2, 0.25) is 0 Å². The van der Waals surface area contributed by atoms with E-state index in [1.807, 2.05) is 0 Å². The van der Waals surface area contributed by atoms with Crippen LogP contribution in [0.5, 0.6) is 0 Å². The van der Waals surface area contributed by atoms with E-state index in [2.05, 4.69) is 23.9 Å². The Morgan fingerprint density at radius 2 is 1.70 bits per heavy atom. The molecule has 0 saturated heterocycles. The summed E-state index contributed by atoms with van der Waals surface area (Å²) in [5.74, 6) is 0.295. The molecule has 0 aromatic heterocycles. The molecular formula is C16H31N3O. The van der Waals surface area contributed by atoms with Crippen molar-refractivity contribution in [3.63, 3.8) is 0 Å². The van der Waals surface area contributed by atoms with Crippen molar-refractivity contribution in [3.05, 3.63) is 0 Å². The molecule has 1 amide bonds. The molecule has 0 aromatic carbocycles. The maximum absolute atomic E-state index is 12.7. The van der Waals surface area contributed by atoms with Gasteiger partial charge in [-0.15, -0.1) is 0 Å². The van der Waals surface area contributed by atoms with Crippen molar-refractivity contribution in [3.8, 4) is 0 Å². The Morgan fingerprint density at radius 1 is 1.10 bits per heavy atom. The molecule has 0 aromatic rings. The number of nitrogens with two attached hydrogens (primary N) is 1. The van der Waals surface area contributed by atoms with Crippen LogP contribution in [0, 0.1) is 0 Å². The molecule has 2 aliphatic rings. The zero-order valence-corrected chi connectivity index (χ0v) is 13.2. The highest BCUT2D eigenvalue weighted by Crippen LogP contribution is 2.32. The third-order valence-corrected chi connectivity index (χ3v) is 4.98. The number of carbonyl (C=O) groups is 1. The second kappa shape index (κ2) is 6.90. The zero-order chi connectivity index (χ0) is 14.6. The average molecular weight is 281 g/mol. The number of carbonyl (C=O) groups excluding carboxylic acids is 1. The summed E-state index contributed by atoms with van der Waals surface area (Å²) in [4.78, 5) is 17.0. The van der Waals surface area contributed by atoms with Crippen LogP contribution in [0.25, 0.3) is 0 Å². The van der Waals surface area contributed by atoms with Gasteiger partial charge in [-0.05, 0) is 39.8 Å². The first-order valence-electron chi connectivity index (χ1n) is 8.23. The fourth-order valence-electron chi connectivity index (χ4n) is 3.69. The van der Waals surface area contributed by atoms with E-state index < -0.39 is 0 Å². The van der Waals surface area contributed by atoms with Gasteiger partial charge in [0, 0.05) is 31.1 Å². The van der Waals surface area contributed by atoms with Crippen molar-refractivity contribution >= 4 is 5.91 Å². The smallest absolute Gasteiger partial charge is 0.224 e. The molecule has 2 saturated carbocycles. The third-order valence-electron chi connectivity index (χ3n) is 4.98. The van der Waals surface area contributed by atoms with Gasteiger partial charge in [-0.25, -0.2) is 0 Å². The first-order valence-corrected chi connectivity index (χ1v) is 8.23. The minimum absolute atomic E-state index is 0.216. The van der Waals surface area contributed by atoms with Gasteiger partial charge in [0.05, 0.1) is 0 Å². The lowest BCUT2D eigenvalue weighted by Crippen LogP contribution is -2.48. The highest BCUT2D eigenvalue weighted by atomic mass is 16.2. The van der Waals surface area contributed by atoms with E-state index in [4.69, 9.17) is 5.73 Å². The Labute approximate surface area is 123 Å². The summed E-state index contributed by atoms with van der Waals surface area (Å²) in [5.41, 5.74) is 6.18. The first-order chi connectivity index (χ1) is 9.50. The molecule has 0 bridgehead atoms. The maximum Gasteiger partial charge on any atom is 0.224 e. The van der Waals surface area contributed by atoms with Crippen molar-refractivity contribution in [2.75, 3.05) is 27.2 Å². The van der Waals surface area contributed by atoms with Crippen molar-refractivity contribution in [2.24, 2.45) is 5.73 Å². The van der Waals surface area contributed by atoms with Gasteiger partial charge in [-0.1, -0.05) is 25.7 Å². The second-order valence-electron chi connectivity index (χ2n) is 7.07. The van der Waals surface area contributed by atoms with Crippen LogP contribution in [-0.2, 0) is 4.79 Å². The van der Waals surface area contributed by atoms with Crippen LogP contribution >= 0.6 is 0 Å². The number of hydrogen-bond acceptors (Lipinski definition) is 3. The Balaban J connectivity index is 1.95. The van der Waals surface area contributed by atoms with Crippen LogP contribution in [0.3, 0.4) is 0 Å². The molecule has 0 heterocycles. The van der Waals surface area contributed by atoms with Gasteiger partial charge >= 0.3 is 0 Å². The molecular weight excluding hydrogens is 250 g/mol. The van der Waals surface area contributed by atoms with E-state index in [-0.39, 0.29) is 5.54 Å². The number of hydrogen-bond donors (Lipinski definition) is 1. The van der Waals surface area contributed by atoms with Crippen molar-refractivity contribution in [1.82, 2.24) is 9.80 Å². The predicted molar refractivity (Wildman–Crippen MR) is 82.5 cm³/mol. The van der Waals surface area contributed by atoms with E-state index in [1.54, 1.807) is 0 Å². The van der Waals surface area contributed by atoms with Gasteiger partial charge in [-0.3, -0.25) is 4.79 Å². The number of amides is 1. The van der Waals surface area contributed by atoms with Crippen molar-refractivity contribution < 1.29 is 4.79 Å². The largest absolute Gasteiger partial charge is 0.338 e.